The zero-order valence-electron chi connectivity index (χ0n) is 17.7. The van der Waals surface area contributed by atoms with E-state index in [1.807, 2.05) is 48.9 Å². The lowest BCUT2D eigenvalue weighted by Crippen LogP contribution is -2.28. The molecule has 1 atom stereocenters. The summed E-state index contributed by atoms with van der Waals surface area (Å²) >= 11 is 0. The van der Waals surface area contributed by atoms with Crippen LogP contribution in [0.25, 0.3) is 22.8 Å². The summed E-state index contributed by atoms with van der Waals surface area (Å²) in [5.41, 5.74) is 2.22. The van der Waals surface area contributed by atoms with Crippen molar-refractivity contribution in [3.63, 3.8) is 0 Å². The lowest BCUT2D eigenvalue weighted by atomic mass is 10.1. The maximum Gasteiger partial charge on any atom is 0.471 e. The summed E-state index contributed by atoms with van der Waals surface area (Å²) in [6.07, 6.45) is -0.414. The van der Waals surface area contributed by atoms with Gasteiger partial charge in [0.2, 0.25) is 5.82 Å². The number of hydrogen-bond acceptors (Lipinski definition) is 6. The Hall–Kier alpha value is -4.02. The van der Waals surface area contributed by atoms with Gasteiger partial charge in [-0.1, -0.05) is 42.4 Å². The highest BCUT2D eigenvalue weighted by molar-refractivity contribution is 5.94. The van der Waals surface area contributed by atoms with Crippen LogP contribution in [0.1, 0.15) is 34.8 Å². The molecule has 0 aliphatic carbocycles. The second kappa shape index (κ2) is 8.85. The van der Waals surface area contributed by atoms with Crippen molar-refractivity contribution in [2.75, 3.05) is 6.54 Å². The molecule has 1 aromatic carbocycles. The van der Waals surface area contributed by atoms with E-state index < -0.39 is 18.0 Å². The predicted octanol–water partition coefficient (Wildman–Crippen LogP) is 4.08. The van der Waals surface area contributed by atoms with Gasteiger partial charge in [-0.3, -0.25) is 9.78 Å². The monoisotopic (exact) mass is 456 g/mol. The molecule has 4 rings (SSSR count). The highest BCUT2D eigenvalue weighted by Gasteiger charge is 2.38. The third kappa shape index (κ3) is 4.76. The van der Waals surface area contributed by atoms with Crippen LogP contribution in [0, 0.1) is 0 Å². The molecule has 0 saturated heterocycles. The number of imidazole rings is 1. The summed E-state index contributed by atoms with van der Waals surface area (Å²) in [5, 5.41) is 6.13. The van der Waals surface area contributed by atoms with E-state index in [4.69, 9.17) is 0 Å². The summed E-state index contributed by atoms with van der Waals surface area (Å²) in [4.78, 5) is 24.3. The Morgan fingerprint density at radius 2 is 1.91 bits per heavy atom. The van der Waals surface area contributed by atoms with Crippen molar-refractivity contribution in [3.05, 3.63) is 72.1 Å². The van der Waals surface area contributed by atoms with Crippen molar-refractivity contribution in [2.24, 2.45) is 7.05 Å². The van der Waals surface area contributed by atoms with Crippen LogP contribution >= 0.6 is 0 Å². The van der Waals surface area contributed by atoms with Gasteiger partial charge in [-0.2, -0.15) is 18.2 Å². The van der Waals surface area contributed by atoms with Crippen molar-refractivity contribution in [1.29, 1.82) is 0 Å². The highest BCUT2D eigenvalue weighted by Crippen LogP contribution is 2.29. The Balaban J connectivity index is 1.44. The van der Waals surface area contributed by atoms with Crippen LogP contribution in [0.5, 0.6) is 0 Å². The Morgan fingerprint density at radius 3 is 2.61 bits per heavy atom. The van der Waals surface area contributed by atoms with Crippen LogP contribution < -0.4 is 5.32 Å². The minimum atomic E-state index is -4.75. The second-order valence-electron chi connectivity index (χ2n) is 7.43. The highest BCUT2D eigenvalue weighted by atomic mass is 19.4. The Bertz CT molecular complexity index is 1270. The number of pyridine rings is 1. The van der Waals surface area contributed by atoms with E-state index in [2.05, 4.69) is 29.9 Å². The molecule has 0 aliphatic rings. The number of amides is 1. The minimum Gasteiger partial charge on any atom is -0.351 e. The number of carbonyl (C=O) groups excluding carboxylic acids is 1. The SMILES string of the molecule is CC(CNC(=O)c1cncc(-c2noc(C(F)(F)F)n2)c1)c1cnc(-c2ccccc2)n1C. The third-order valence-electron chi connectivity index (χ3n) is 5.06. The number of benzene rings is 1. The average Bonchev–Trinajstić information content (AvgIpc) is 3.45. The second-order valence-corrected chi connectivity index (χ2v) is 7.43. The molecule has 170 valence electrons. The van der Waals surface area contributed by atoms with Crippen LogP contribution in [0.3, 0.4) is 0 Å². The van der Waals surface area contributed by atoms with Crippen molar-refractivity contribution in [2.45, 2.75) is 19.0 Å². The van der Waals surface area contributed by atoms with Crippen molar-refractivity contribution < 1.29 is 22.5 Å². The first-order chi connectivity index (χ1) is 15.7. The van der Waals surface area contributed by atoms with Crippen molar-refractivity contribution in [1.82, 2.24) is 30.0 Å². The molecule has 3 aromatic heterocycles. The molecule has 1 unspecified atom stereocenters. The number of alkyl halides is 3. The van der Waals surface area contributed by atoms with E-state index in [-0.39, 0.29) is 22.9 Å². The number of aromatic nitrogens is 5. The van der Waals surface area contributed by atoms with Crippen LogP contribution in [-0.2, 0) is 13.2 Å². The minimum absolute atomic E-state index is 0.0494. The van der Waals surface area contributed by atoms with Gasteiger partial charge < -0.3 is 14.4 Å². The molecule has 4 aromatic rings. The van der Waals surface area contributed by atoms with E-state index in [0.717, 1.165) is 17.1 Å². The number of rotatable bonds is 6. The smallest absolute Gasteiger partial charge is 0.351 e. The van der Waals surface area contributed by atoms with Gasteiger partial charge in [0.1, 0.15) is 5.82 Å². The third-order valence-corrected chi connectivity index (χ3v) is 5.06. The van der Waals surface area contributed by atoms with E-state index in [9.17, 15) is 18.0 Å². The fraction of sp³-hybridized carbons (Fsp3) is 0.227. The first-order valence-electron chi connectivity index (χ1n) is 9.95. The van der Waals surface area contributed by atoms with Crippen LogP contribution in [0.2, 0.25) is 0 Å². The van der Waals surface area contributed by atoms with Crippen LogP contribution in [0.15, 0.2) is 59.5 Å². The molecule has 3 heterocycles. The zero-order chi connectivity index (χ0) is 23.6. The largest absolute Gasteiger partial charge is 0.471 e. The Kier molecular flexibility index (Phi) is 5.95. The average molecular weight is 456 g/mol. The number of carbonyl (C=O) groups is 1. The van der Waals surface area contributed by atoms with Gasteiger partial charge >= 0.3 is 12.1 Å². The van der Waals surface area contributed by atoms with Crippen LogP contribution in [0.4, 0.5) is 13.2 Å². The molecule has 0 aliphatic heterocycles. The Morgan fingerprint density at radius 1 is 1.15 bits per heavy atom. The summed E-state index contributed by atoms with van der Waals surface area (Å²) < 4.78 is 44.3. The summed E-state index contributed by atoms with van der Waals surface area (Å²) in [5.74, 6) is -1.43. The van der Waals surface area contributed by atoms with Crippen molar-refractivity contribution >= 4 is 5.91 Å². The molecule has 1 amide bonds. The summed E-state index contributed by atoms with van der Waals surface area (Å²) in [6.45, 7) is 2.27. The molecule has 0 saturated carbocycles. The molecular weight excluding hydrogens is 437 g/mol. The molecule has 0 radical (unpaired) electrons. The lowest BCUT2D eigenvalue weighted by molar-refractivity contribution is -0.159. The first kappa shape index (κ1) is 22.2. The van der Waals surface area contributed by atoms with Gasteiger partial charge in [0, 0.05) is 54.9 Å². The van der Waals surface area contributed by atoms with Gasteiger partial charge in [0.15, 0.2) is 0 Å². The van der Waals surface area contributed by atoms with E-state index in [1.54, 1.807) is 6.20 Å². The Labute approximate surface area is 186 Å². The molecule has 33 heavy (non-hydrogen) atoms. The molecule has 0 fully saturated rings. The molecule has 1 N–H and O–H groups in total. The topological polar surface area (TPSA) is 98.7 Å². The summed E-state index contributed by atoms with van der Waals surface area (Å²) in [7, 11) is 1.91. The fourth-order valence-electron chi connectivity index (χ4n) is 3.33. The maximum absolute atomic E-state index is 12.7. The number of nitrogens with one attached hydrogen (secondary N) is 1. The lowest BCUT2D eigenvalue weighted by Gasteiger charge is -2.14. The van der Waals surface area contributed by atoms with Crippen molar-refractivity contribution in [3.8, 4) is 22.8 Å². The van der Waals surface area contributed by atoms with E-state index >= 15 is 0 Å². The quantitative estimate of drug-likeness (QED) is 0.469. The normalized spacial score (nSPS) is 12.5. The van der Waals surface area contributed by atoms with Gasteiger partial charge in [-0.15, -0.1) is 0 Å². The van der Waals surface area contributed by atoms with Gasteiger partial charge in [0.25, 0.3) is 5.91 Å². The maximum atomic E-state index is 12.7. The standard InChI is InChI=1S/C22H19F3N6O2/c1-13(17-12-27-19(31(17)2)14-6-4-3-5-7-14)9-28-20(32)16-8-15(10-26-11-16)18-29-21(33-30-18)22(23,24)25/h3-8,10-13H,9H2,1-2H3,(H,28,32). The predicted molar refractivity (Wildman–Crippen MR) is 112 cm³/mol. The molecule has 8 nitrogen and oxygen atoms in total. The molecular formula is C22H19F3N6O2. The fourth-order valence-corrected chi connectivity index (χ4v) is 3.33. The first-order valence-corrected chi connectivity index (χ1v) is 9.95. The zero-order valence-corrected chi connectivity index (χ0v) is 17.7. The number of hydrogen-bond donors (Lipinski definition) is 1. The number of halogens is 3. The van der Waals surface area contributed by atoms with Crippen LogP contribution in [-0.4, -0.2) is 37.1 Å². The van der Waals surface area contributed by atoms with E-state index in [0.29, 0.717) is 6.54 Å². The molecule has 0 bridgehead atoms. The molecule has 11 heteroatoms. The van der Waals surface area contributed by atoms with Gasteiger partial charge in [-0.05, 0) is 6.07 Å². The summed E-state index contributed by atoms with van der Waals surface area (Å²) in [6, 6.07) is 11.1. The van der Waals surface area contributed by atoms with Gasteiger partial charge in [-0.25, -0.2) is 4.98 Å². The number of nitrogens with zero attached hydrogens (tertiary/aromatic N) is 5. The van der Waals surface area contributed by atoms with Gasteiger partial charge in [0.05, 0.1) is 5.56 Å². The molecule has 0 spiro atoms. The van der Waals surface area contributed by atoms with E-state index in [1.165, 1.54) is 18.5 Å².